The fourth-order valence-electron chi connectivity index (χ4n) is 4.28. The lowest BCUT2D eigenvalue weighted by molar-refractivity contribution is -0.126. The smallest absolute Gasteiger partial charge is 0.270 e. The van der Waals surface area contributed by atoms with E-state index in [-0.39, 0.29) is 40.2 Å². The second-order valence-electron chi connectivity index (χ2n) is 7.81. The first-order chi connectivity index (χ1) is 13.4. The highest BCUT2D eigenvalue weighted by molar-refractivity contribution is 7.09. The molecular formula is C19H29N5O3S. The molecule has 2 aliphatic carbocycles. The van der Waals surface area contributed by atoms with Crippen LogP contribution in [0.5, 0.6) is 0 Å². The predicted molar refractivity (Wildman–Crippen MR) is 108 cm³/mol. The Balaban J connectivity index is 1.81. The van der Waals surface area contributed by atoms with Crippen molar-refractivity contribution in [2.24, 2.45) is 5.73 Å². The lowest BCUT2D eigenvalue weighted by atomic mass is 9.95. The van der Waals surface area contributed by atoms with Crippen LogP contribution in [-0.2, 0) is 4.79 Å². The molecule has 2 fully saturated rings. The monoisotopic (exact) mass is 407 g/mol. The summed E-state index contributed by atoms with van der Waals surface area (Å²) in [4.78, 5) is 39.5. The number of anilines is 1. The van der Waals surface area contributed by atoms with Gasteiger partial charge >= 0.3 is 0 Å². The molecule has 0 radical (unpaired) electrons. The van der Waals surface area contributed by atoms with E-state index < -0.39 is 11.9 Å². The largest absolute Gasteiger partial charge is 0.395 e. The molecule has 1 heterocycles. The Bertz CT molecular complexity index is 738. The highest BCUT2D eigenvalue weighted by Gasteiger charge is 2.37. The van der Waals surface area contributed by atoms with Gasteiger partial charge in [0.1, 0.15) is 10.9 Å². The summed E-state index contributed by atoms with van der Waals surface area (Å²) in [6.07, 6.45) is 9.19. The Hall–Kier alpha value is -2.16. The van der Waals surface area contributed by atoms with E-state index in [4.69, 9.17) is 11.5 Å². The molecule has 9 heteroatoms. The number of hydrogen-bond donors (Lipinski definition) is 3. The van der Waals surface area contributed by atoms with Gasteiger partial charge in [-0.05, 0) is 44.1 Å². The van der Waals surface area contributed by atoms with Crippen LogP contribution in [0.4, 0.5) is 5.69 Å². The molecular weight excluding hydrogens is 378 g/mol. The second kappa shape index (κ2) is 8.89. The number of rotatable bonds is 6. The van der Waals surface area contributed by atoms with Crippen molar-refractivity contribution in [2.75, 3.05) is 5.73 Å². The molecule has 154 valence electrons. The van der Waals surface area contributed by atoms with Crippen molar-refractivity contribution in [1.82, 2.24) is 14.6 Å². The number of carbonyl (C=O) groups excluding carboxylic acids is 3. The zero-order valence-corrected chi connectivity index (χ0v) is 17.1. The van der Waals surface area contributed by atoms with Gasteiger partial charge in [0.2, 0.25) is 5.91 Å². The van der Waals surface area contributed by atoms with E-state index in [0.717, 1.165) is 62.9 Å². The minimum atomic E-state index is -0.761. The Kier molecular flexibility index (Phi) is 6.53. The van der Waals surface area contributed by atoms with Crippen molar-refractivity contribution < 1.29 is 14.4 Å². The number of hydrogen-bond acceptors (Lipinski definition) is 6. The summed E-state index contributed by atoms with van der Waals surface area (Å²) in [6, 6.07) is -0.451. The Morgan fingerprint density at radius 3 is 2.29 bits per heavy atom. The van der Waals surface area contributed by atoms with Gasteiger partial charge in [-0.1, -0.05) is 32.1 Å². The van der Waals surface area contributed by atoms with Gasteiger partial charge in [-0.25, -0.2) is 0 Å². The molecule has 0 saturated heterocycles. The highest BCUT2D eigenvalue weighted by atomic mass is 32.1. The molecule has 2 aliphatic rings. The Morgan fingerprint density at radius 1 is 1.11 bits per heavy atom. The maximum absolute atomic E-state index is 13.3. The molecule has 8 nitrogen and oxygen atoms in total. The van der Waals surface area contributed by atoms with Crippen LogP contribution < -0.4 is 16.8 Å². The number of aromatic nitrogens is 1. The summed E-state index contributed by atoms with van der Waals surface area (Å²) < 4.78 is 3.94. The van der Waals surface area contributed by atoms with Gasteiger partial charge in [-0.3, -0.25) is 14.4 Å². The first kappa shape index (κ1) is 20.6. The average Bonchev–Trinajstić information content (AvgIpc) is 3.32. The van der Waals surface area contributed by atoms with Crippen molar-refractivity contribution in [3.05, 3.63) is 10.6 Å². The Morgan fingerprint density at radius 2 is 1.71 bits per heavy atom. The van der Waals surface area contributed by atoms with Crippen LogP contribution in [0.1, 0.15) is 84.9 Å². The first-order valence-corrected chi connectivity index (χ1v) is 10.9. The van der Waals surface area contributed by atoms with E-state index in [9.17, 15) is 14.4 Å². The highest BCUT2D eigenvalue weighted by Crippen LogP contribution is 2.30. The van der Waals surface area contributed by atoms with Gasteiger partial charge in [-0.2, -0.15) is 4.37 Å². The molecule has 1 aromatic rings. The van der Waals surface area contributed by atoms with Gasteiger partial charge in [-0.15, -0.1) is 0 Å². The molecule has 3 rings (SSSR count). The molecule has 2 saturated carbocycles. The van der Waals surface area contributed by atoms with Crippen molar-refractivity contribution >= 4 is 34.9 Å². The summed E-state index contributed by atoms with van der Waals surface area (Å²) in [7, 11) is 0. The van der Waals surface area contributed by atoms with Crippen LogP contribution in [0.2, 0.25) is 0 Å². The molecule has 0 unspecified atom stereocenters. The topological polar surface area (TPSA) is 131 Å². The maximum atomic E-state index is 13.3. The van der Waals surface area contributed by atoms with Crippen molar-refractivity contribution in [3.63, 3.8) is 0 Å². The minimum Gasteiger partial charge on any atom is -0.395 e. The van der Waals surface area contributed by atoms with Gasteiger partial charge in [0.05, 0.1) is 5.69 Å². The van der Waals surface area contributed by atoms with E-state index in [2.05, 4.69) is 9.69 Å². The summed E-state index contributed by atoms with van der Waals surface area (Å²) in [5.41, 5.74) is 11.2. The number of carbonyl (C=O) groups is 3. The van der Waals surface area contributed by atoms with E-state index in [1.54, 1.807) is 11.8 Å². The first-order valence-electron chi connectivity index (χ1n) is 10.1. The fourth-order valence-corrected chi connectivity index (χ4v) is 5.03. The van der Waals surface area contributed by atoms with E-state index >= 15 is 0 Å². The van der Waals surface area contributed by atoms with Gasteiger partial charge in [0, 0.05) is 12.1 Å². The van der Waals surface area contributed by atoms with Crippen LogP contribution in [-0.4, -0.2) is 45.1 Å². The van der Waals surface area contributed by atoms with Gasteiger partial charge in [0.15, 0.2) is 5.69 Å². The van der Waals surface area contributed by atoms with E-state index in [0.29, 0.717) is 0 Å². The summed E-state index contributed by atoms with van der Waals surface area (Å²) in [5, 5.41) is 3.12. The third-order valence-corrected chi connectivity index (χ3v) is 6.71. The maximum Gasteiger partial charge on any atom is 0.270 e. The van der Waals surface area contributed by atoms with Crippen LogP contribution in [0.25, 0.3) is 0 Å². The number of nitrogens with zero attached hydrogens (tertiary/aromatic N) is 2. The number of primary amides is 1. The van der Waals surface area contributed by atoms with E-state index in [1.807, 2.05) is 0 Å². The van der Waals surface area contributed by atoms with Crippen molar-refractivity contribution in [3.8, 4) is 0 Å². The molecule has 1 atom stereocenters. The molecule has 0 aromatic carbocycles. The average molecular weight is 408 g/mol. The van der Waals surface area contributed by atoms with Crippen LogP contribution in [0.3, 0.4) is 0 Å². The SMILES string of the molecule is C[C@@H](C(=O)NC1CCCCC1)N(C(=O)c1snc(C(N)=O)c1N)C1CCCC1. The summed E-state index contributed by atoms with van der Waals surface area (Å²) >= 11 is 0.866. The minimum absolute atomic E-state index is 0.00499. The molecule has 0 spiro atoms. The normalized spacial score (nSPS) is 19.3. The van der Waals surface area contributed by atoms with Crippen molar-refractivity contribution in [1.29, 1.82) is 0 Å². The third kappa shape index (κ3) is 4.29. The second-order valence-corrected chi connectivity index (χ2v) is 8.58. The summed E-state index contributed by atoms with van der Waals surface area (Å²) in [5.74, 6) is -1.24. The standard InChI is InChI=1S/C19H29N5O3S/c1-11(18(26)22-12-7-3-2-4-8-12)24(13-9-5-6-10-13)19(27)16-14(20)15(17(21)25)23-28-16/h11-13H,2-10,20H2,1H3,(H2,21,25)(H,22,26)/t11-/m0/s1. The number of nitrogens with two attached hydrogens (primary N) is 2. The zero-order valence-electron chi connectivity index (χ0n) is 16.3. The quantitative estimate of drug-likeness (QED) is 0.664. The van der Waals surface area contributed by atoms with Gasteiger partial charge in [0.25, 0.3) is 11.8 Å². The molecule has 1 aromatic heterocycles. The zero-order chi connectivity index (χ0) is 20.3. The van der Waals surface area contributed by atoms with Gasteiger partial charge < -0.3 is 21.7 Å². The van der Waals surface area contributed by atoms with E-state index in [1.165, 1.54) is 6.42 Å². The predicted octanol–water partition coefficient (Wildman–Crippen LogP) is 2.05. The number of nitrogens with one attached hydrogen (secondary N) is 1. The Labute approximate surface area is 169 Å². The van der Waals surface area contributed by atoms with Crippen LogP contribution in [0.15, 0.2) is 0 Å². The van der Waals surface area contributed by atoms with Crippen molar-refractivity contribution in [2.45, 2.75) is 82.8 Å². The van der Waals surface area contributed by atoms with Crippen LogP contribution in [0, 0.1) is 0 Å². The fraction of sp³-hybridized carbons (Fsp3) is 0.684. The molecule has 5 N–H and O–H groups in total. The number of amides is 3. The lowest BCUT2D eigenvalue weighted by Crippen LogP contribution is -2.53. The molecule has 0 aliphatic heterocycles. The van der Waals surface area contributed by atoms with Crippen LogP contribution >= 0.6 is 11.5 Å². The lowest BCUT2D eigenvalue weighted by Gasteiger charge is -2.35. The summed E-state index contributed by atoms with van der Waals surface area (Å²) in [6.45, 7) is 1.76. The molecule has 0 bridgehead atoms. The third-order valence-electron chi connectivity index (χ3n) is 5.86. The molecule has 3 amide bonds. The number of nitrogen functional groups attached to an aromatic ring is 1. The molecule has 28 heavy (non-hydrogen) atoms.